The van der Waals surface area contributed by atoms with Crippen LogP contribution in [0.5, 0.6) is 0 Å². The monoisotopic (exact) mass is 347 g/mol. The minimum Gasteiger partial charge on any atom is -0.255 e. The maximum Gasteiger partial charge on any atom is 0.102 e. The molecule has 27 heavy (non-hydrogen) atoms. The molecule has 128 valence electrons. The molecule has 0 saturated carbocycles. The Morgan fingerprint density at radius 1 is 0.741 bits per heavy atom. The molecule has 0 radical (unpaired) electrons. The number of benzene rings is 2. The van der Waals surface area contributed by atoms with E-state index in [-0.39, 0.29) is 0 Å². The van der Waals surface area contributed by atoms with Gasteiger partial charge in [0, 0.05) is 11.8 Å². The first-order valence-electron chi connectivity index (χ1n) is 8.75. The highest BCUT2D eigenvalue weighted by Gasteiger charge is 2.13. The Balaban J connectivity index is 1.81. The highest BCUT2D eigenvalue weighted by atomic mass is 14.8. The normalized spacial score (nSPS) is 10.4. The first-order chi connectivity index (χ1) is 13.3. The Morgan fingerprint density at radius 3 is 2.07 bits per heavy atom. The van der Waals surface area contributed by atoms with Gasteiger partial charge in [-0.1, -0.05) is 60.7 Å². The molecule has 2 aromatic carbocycles. The van der Waals surface area contributed by atoms with Gasteiger partial charge in [0.1, 0.15) is 6.07 Å². The second-order valence-corrected chi connectivity index (χ2v) is 6.29. The molecular weight excluding hydrogens is 330 g/mol. The molecule has 0 N–H and O–H groups in total. The van der Waals surface area contributed by atoms with Crippen molar-refractivity contribution in [3.63, 3.8) is 0 Å². The van der Waals surface area contributed by atoms with E-state index in [0.29, 0.717) is 11.3 Å². The molecule has 0 aliphatic rings. The lowest BCUT2D eigenvalue weighted by atomic mass is 9.96. The zero-order chi connectivity index (χ0) is 18.6. The van der Waals surface area contributed by atoms with Crippen LogP contribution in [-0.4, -0.2) is 9.97 Å². The molecule has 4 rings (SSSR count). The largest absolute Gasteiger partial charge is 0.255 e. The molecular formula is C24H17N3. The van der Waals surface area contributed by atoms with E-state index >= 15 is 0 Å². The van der Waals surface area contributed by atoms with Crippen LogP contribution in [0.2, 0.25) is 0 Å². The van der Waals surface area contributed by atoms with Gasteiger partial charge in [0.25, 0.3) is 0 Å². The SMILES string of the molecule is Cc1nc(-c2ccccn2)cc(-c2ccc(-c3ccccc3)cc2)c1C#N. The molecule has 3 nitrogen and oxygen atoms in total. The smallest absolute Gasteiger partial charge is 0.102 e. The minimum atomic E-state index is 0.599. The number of hydrogen-bond donors (Lipinski definition) is 0. The fraction of sp³-hybridized carbons (Fsp3) is 0.0417. The summed E-state index contributed by atoms with van der Waals surface area (Å²) in [5.74, 6) is 0. The molecule has 0 atom stereocenters. The van der Waals surface area contributed by atoms with Crippen molar-refractivity contribution in [3.8, 4) is 39.7 Å². The highest BCUT2D eigenvalue weighted by Crippen LogP contribution is 2.31. The van der Waals surface area contributed by atoms with Gasteiger partial charge in [-0.3, -0.25) is 9.97 Å². The summed E-state index contributed by atoms with van der Waals surface area (Å²) < 4.78 is 0. The molecule has 0 aliphatic carbocycles. The van der Waals surface area contributed by atoms with Gasteiger partial charge >= 0.3 is 0 Å². The molecule has 0 aliphatic heterocycles. The van der Waals surface area contributed by atoms with Gasteiger partial charge in [0.05, 0.1) is 22.6 Å². The third kappa shape index (κ3) is 3.33. The molecule has 2 heterocycles. The van der Waals surface area contributed by atoms with Gasteiger partial charge in [0.15, 0.2) is 0 Å². The van der Waals surface area contributed by atoms with E-state index in [9.17, 15) is 5.26 Å². The lowest BCUT2D eigenvalue weighted by Crippen LogP contribution is -1.97. The zero-order valence-electron chi connectivity index (χ0n) is 14.9. The Bertz CT molecular complexity index is 1110. The van der Waals surface area contributed by atoms with Crippen LogP contribution in [0.4, 0.5) is 0 Å². The van der Waals surface area contributed by atoms with Gasteiger partial charge in [-0.2, -0.15) is 5.26 Å². The maximum absolute atomic E-state index is 9.65. The van der Waals surface area contributed by atoms with Gasteiger partial charge in [-0.15, -0.1) is 0 Å². The summed E-state index contributed by atoms with van der Waals surface area (Å²) >= 11 is 0. The molecule has 0 fully saturated rings. The summed E-state index contributed by atoms with van der Waals surface area (Å²) in [5, 5.41) is 9.65. The number of aryl methyl sites for hydroxylation is 1. The average Bonchev–Trinajstić information content (AvgIpc) is 2.74. The molecule has 0 saturated heterocycles. The third-order valence-electron chi connectivity index (χ3n) is 4.54. The Labute approximate surface area is 158 Å². The van der Waals surface area contributed by atoms with Crippen LogP contribution in [0.15, 0.2) is 85.1 Å². The van der Waals surface area contributed by atoms with Crippen molar-refractivity contribution in [1.82, 2.24) is 9.97 Å². The number of pyridine rings is 2. The molecule has 4 aromatic rings. The van der Waals surface area contributed by atoms with Crippen LogP contribution in [0.25, 0.3) is 33.6 Å². The van der Waals surface area contributed by atoms with Gasteiger partial charge in [-0.05, 0) is 41.8 Å². The van der Waals surface area contributed by atoms with Crippen molar-refractivity contribution in [2.24, 2.45) is 0 Å². The molecule has 0 spiro atoms. The van der Waals surface area contributed by atoms with E-state index in [4.69, 9.17) is 0 Å². The van der Waals surface area contributed by atoms with Crippen LogP contribution < -0.4 is 0 Å². The molecule has 0 unspecified atom stereocenters. The Hall–Kier alpha value is -3.77. The van der Waals surface area contributed by atoms with Crippen molar-refractivity contribution in [1.29, 1.82) is 5.26 Å². The van der Waals surface area contributed by atoms with Crippen molar-refractivity contribution in [2.75, 3.05) is 0 Å². The Kier molecular flexibility index (Phi) is 4.47. The minimum absolute atomic E-state index is 0.599. The second-order valence-electron chi connectivity index (χ2n) is 6.29. The van der Waals surface area contributed by atoms with E-state index < -0.39 is 0 Å². The van der Waals surface area contributed by atoms with Crippen LogP contribution in [0.3, 0.4) is 0 Å². The van der Waals surface area contributed by atoms with Crippen molar-refractivity contribution in [3.05, 3.63) is 96.3 Å². The summed E-state index contributed by atoms with van der Waals surface area (Å²) in [4.78, 5) is 8.97. The summed E-state index contributed by atoms with van der Waals surface area (Å²) in [6.07, 6.45) is 1.75. The van der Waals surface area contributed by atoms with E-state index in [1.54, 1.807) is 6.20 Å². The third-order valence-corrected chi connectivity index (χ3v) is 4.54. The number of aromatic nitrogens is 2. The lowest BCUT2D eigenvalue weighted by molar-refractivity contribution is 1.16. The number of rotatable bonds is 3. The van der Waals surface area contributed by atoms with E-state index in [1.165, 1.54) is 5.56 Å². The predicted octanol–water partition coefficient (Wildman–Crippen LogP) is 5.66. The lowest BCUT2D eigenvalue weighted by Gasteiger charge is -2.11. The molecule has 2 aromatic heterocycles. The average molecular weight is 347 g/mol. The molecule has 0 bridgehead atoms. The number of nitrogens with zero attached hydrogens (tertiary/aromatic N) is 3. The standard InChI is InChI=1S/C24H17N3/c1-17-22(16-25)21(15-24(27-17)23-9-5-6-14-26-23)20-12-10-19(11-13-20)18-7-3-2-4-8-18/h2-15H,1H3. The van der Waals surface area contributed by atoms with Crippen molar-refractivity contribution >= 4 is 0 Å². The fourth-order valence-electron chi connectivity index (χ4n) is 3.16. The van der Waals surface area contributed by atoms with Crippen LogP contribution in [0.1, 0.15) is 11.3 Å². The quantitative estimate of drug-likeness (QED) is 0.480. The summed E-state index contributed by atoms with van der Waals surface area (Å²) in [5.41, 5.74) is 7.07. The highest BCUT2D eigenvalue weighted by molar-refractivity contribution is 5.77. The van der Waals surface area contributed by atoms with Gasteiger partial charge < -0.3 is 0 Å². The predicted molar refractivity (Wildman–Crippen MR) is 108 cm³/mol. The maximum atomic E-state index is 9.65. The van der Waals surface area contributed by atoms with E-state index in [1.807, 2.05) is 49.4 Å². The van der Waals surface area contributed by atoms with E-state index in [2.05, 4.69) is 52.4 Å². The Morgan fingerprint density at radius 2 is 1.41 bits per heavy atom. The second kappa shape index (κ2) is 7.23. The molecule has 0 amide bonds. The van der Waals surface area contributed by atoms with Gasteiger partial charge in [-0.25, -0.2) is 0 Å². The van der Waals surface area contributed by atoms with Crippen molar-refractivity contribution in [2.45, 2.75) is 6.92 Å². The summed E-state index contributed by atoms with van der Waals surface area (Å²) in [6, 6.07) is 28.5. The molecule has 3 heteroatoms. The van der Waals surface area contributed by atoms with Crippen molar-refractivity contribution < 1.29 is 0 Å². The topological polar surface area (TPSA) is 49.6 Å². The zero-order valence-corrected chi connectivity index (χ0v) is 14.9. The van der Waals surface area contributed by atoms with Crippen LogP contribution >= 0.6 is 0 Å². The summed E-state index contributed by atoms with van der Waals surface area (Å²) in [6.45, 7) is 1.87. The van der Waals surface area contributed by atoms with Crippen LogP contribution in [0, 0.1) is 18.3 Å². The summed E-state index contributed by atoms with van der Waals surface area (Å²) in [7, 11) is 0. The number of nitriles is 1. The van der Waals surface area contributed by atoms with Crippen LogP contribution in [-0.2, 0) is 0 Å². The first-order valence-corrected chi connectivity index (χ1v) is 8.75. The number of hydrogen-bond acceptors (Lipinski definition) is 3. The fourth-order valence-corrected chi connectivity index (χ4v) is 3.16. The van der Waals surface area contributed by atoms with Gasteiger partial charge in [0.2, 0.25) is 0 Å². The van der Waals surface area contributed by atoms with E-state index in [0.717, 1.165) is 28.1 Å². The first kappa shape index (κ1) is 16.7.